The summed E-state index contributed by atoms with van der Waals surface area (Å²) in [5, 5.41) is 21.5. The van der Waals surface area contributed by atoms with Crippen LogP contribution in [0.15, 0.2) is 35.5 Å². The highest BCUT2D eigenvalue weighted by molar-refractivity contribution is 5.89. The van der Waals surface area contributed by atoms with Crippen molar-refractivity contribution in [2.24, 2.45) is 5.92 Å². The van der Waals surface area contributed by atoms with Crippen molar-refractivity contribution in [3.05, 3.63) is 35.5 Å². The molecule has 3 aliphatic heterocycles. The van der Waals surface area contributed by atoms with Crippen molar-refractivity contribution in [2.45, 2.75) is 69.9 Å². The van der Waals surface area contributed by atoms with Crippen LogP contribution in [0.2, 0.25) is 0 Å². The molecule has 0 radical (unpaired) electrons. The maximum atomic E-state index is 12.3. The molecule has 0 spiro atoms. The van der Waals surface area contributed by atoms with Gasteiger partial charge in [-0.2, -0.15) is 0 Å². The molecule has 0 aromatic heterocycles. The summed E-state index contributed by atoms with van der Waals surface area (Å²) in [6.45, 7) is 7.57. The number of rotatable bonds is 1. The van der Waals surface area contributed by atoms with Crippen molar-refractivity contribution in [2.75, 3.05) is 6.61 Å². The van der Waals surface area contributed by atoms with Crippen LogP contribution in [0.3, 0.4) is 0 Å². The minimum absolute atomic E-state index is 0.251. The van der Waals surface area contributed by atoms with E-state index in [4.69, 9.17) is 9.47 Å². The van der Waals surface area contributed by atoms with Crippen molar-refractivity contribution in [1.29, 1.82) is 0 Å². The summed E-state index contributed by atoms with van der Waals surface area (Å²) in [5.41, 5.74) is 1.46. The van der Waals surface area contributed by atoms with E-state index in [2.05, 4.69) is 25.7 Å². The Kier molecular flexibility index (Phi) is 4.93. The summed E-state index contributed by atoms with van der Waals surface area (Å²) in [6, 6.07) is 0. The highest BCUT2D eigenvalue weighted by Gasteiger charge is 2.60. The lowest BCUT2D eigenvalue weighted by Gasteiger charge is -2.55. The van der Waals surface area contributed by atoms with Crippen molar-refractivity contribution in [1.82, 2.24) is 0 Å². The van der Waals surface area contributed by atoms with E-state index in [9.17, 15) is 15.0 Å². The van der Waals surface area contributed by atoms with Crippen LogP contribution in [-0.4, -0.2) is 40.3 Å². The highest BCUT2D eigenvalue weighted by Crippen LogP contribution is 2.50. The minimum Gasteiger partial charge on any atom is -0.456 e. The molecule has 5 heteroatoms. The minimum atomic E-state index is -1.55. The monoisotopic (exact) mass is 348 g/mol. The van der Waals surface area contributed by atoms with Gasteiger partial charge >= 0.3 is 5.97 Å². The molecule has 4 atom stereocenters. The second-order valence-electron chi connectivity index (χ2n) is 7.73. The van der Waals surface area contributed by atoms with Crippen molar-refractivity contribution < 1.29 is 24.5 Å². The van der Waals surface area contributed by atoms with Crippen molar-refractivity contribution >= 4 is 5.97 Å². The number of hydrogen-bond donors (Lipinski definition) is 2. The van der Waals surface area contributed by atoms with E-state index in [0.29, 0.717) is 25.7 Å². The van der Waals surface area contributed by atoms with E-state index in [1.54, 1.807) is 0 Å². The Morgan fingerprint density at radius 1 is 1.28 bits per heavy atom. The van der Waals surface area contributed by atoms with Crippen LogP contribution in [0, 0.1) is 5.92 Å². The van der Waals surface area contributed by atoms with E-state index in [0.717, 1.165) is 18.4 Å². The topological polar surface area (TPSA) is 76.0 Å². The lowest BCUT2D eigenvalue weighted by Crippen LogP contribution is -2.66. The Morgan fingerprint density at radius 2 is 2.00 bits per heavy atom. The molecule has 2 fully saturated rings. The van der Waals surface area contributed by atoms with Gasteiger partial charge in [0.25, 0.3) is 0 Å². The number of ether oxygens (including phenoxy) is 2. The molecule has 25 heavy (non-hydrogen) atoms. The first-order valence-electron chi connectivity index (χ1n) is 9.04. The molecule has 2 saturated heterocycles. The third-order valence-corrected chi connectivity index (χ3v) is 5.78. The zero-order valence-electron chi connectivity index (χ0n) is 15.1. The van der Waals surface area contributed by atoms with Crippen LogP contribution in [0.25, 0.3) is 0 Å². The number of aliphatic hydroxyl groups excluding tert-OH is 1. The van der Waals surface area contributed by atoms with Gasteiger partial charge in [-0.1, -0.05) is 29.9 Å². The van der Waals surface area contributed by atoms with Crippen LogP contribution in [-0.2, 0) is 14.3 Å². The number of fused-ring (bicyclic) bond motifs is 6. The Labute approximate surface area is 149 Å². The quantitative estimate of drug-likeness (QED) is 0.433. The van der Waals surface area contributed by atoms with Gasteiger partial charge in [-0.15, -0.1) is 0 Å². The number of allylic oxidation sites excluding steroid dienone is 3. The van der Waals surface area contributed by atoms with Gasteiger partial charge < -0.3 is 19.7 Å². The summed E-state index contributed by atoms with van der Waals surface area (Å²) in [5.74, 6) is -2.56. The second-order valence-corrected chi connectivity index (χ2v) is 7.73. The van der Waals surface area contributed by atoms with Crippen molar-refractivity contribution in [3.8, 4) is 0 Å². The first-order chi connectivity index (χ1) is 11.8. The molecule has 0 aromatic rings. The molecule has 0 unspecified atom stereocenters. The lowest BCUT2D eigenvalue weighted by molar-refractivity contribution is -0.351. The predicted molar refractivity (Wildman–Crippen MR) is 93.6 cm³/mol. The molecule has 0 saturated carbocycles. The molecule has 3 aliphatic rings. The lowest BCUT2D eigenvalue weighted by atomic mass is 9.72. The second kappa shape index (κ2) is 6.71. The molecule has 0 amide bonds. The van der Waals surface area contributed by atoms with Gasteiger partial charge in [-0.05, 0) is 46.0 Å². The van der Waals surface area contributed by atoms with Crippen LogP contribution >= 0.6 is 0 Å². The largest absolute Gasteiger partial charge is 0.456 e. The Bertz CT molecular complexity index is 634. The Hall–Kier alpha value is -1.43. The number of carbonyl (C=O) groups is 1. The van der Waals surface area contributed by atoms with Gasteiger partial charge in [0.05, 0.1) is 6.61 Å². The zero-order valence-corrected chi connectivity index (χ0v) is 15.1. The number of aliphatic hydroxyl groups is 2. The SMILES string of the molecule is C=C1C(=O)O[C@@H]2C[C@H]1[C@]1(O)C/C(C)=C/CCC(C)=CCC[C@@]2(CO)O1. The van der Waals surface area contributed by atoms with Gasteiger partial charge in [-0.25, -0.2) is 4.79 Å². The standard InChI is InChI=1S/C20H28O5/c1-13-6-4-7-14(2)11-20(23)16-10-17(24-18(22)15(16)3)19(12-21,25-20)9-5-8-13/h7-8,16-17,21,23H,3-6,9-12H2,1-2H3/b13-8?,14-7+/t16-,17-,19+,20+/m1/s1. The molecule has 3 heterocycles. The first kappa shape index (κ1) is 18.4. The Morgan fingerprint density at radius 3 is 2.72 bits per heavy atom. The molecule has 2 N–H and O–H groups in total. The van der Waals surface area contributed by atoms with E-state index in [1.165, 1.54) is 5.57 Å². The smallest absolute Gasteiger partial charge is 0.334 e. The third kappa shape index (κ3) is 3.33. The predicted octanol–water partition coefficient (Wildman–Crippen LogP) is 2.78. The molecule has 4 bridgehead atoms. The molecule has 3 rings (SSSR count). The van der Waals surface area contributed by atoms with Crippen LogP contribution in [0.4, 0.5) is 0 Å². The van der Waals surface area contributed by atoms with Gasteiger partial charge in [0.2, 0.25) is 0 Å². The van der Waals surface area contributed by atoms with Gasteiger partial charge in [0.15, 0.2) is 5.79 Å². The first-order valence-corrected chi connectivity index (χ1v) is 9.04. The van der Waals surface area contributed by atoms with Gasteiger partial charge in [0, 0.05) is 17.9 Å². The summed E-state index contributed by atoms with van der Waals surface area (Å²) in [6.07, 6.45) is 7.47. The van der Waals surface area contributed by atoms with E-state index >= 15 is 0 Å². The fourth-order valence-corrected chi connectivity index (χ4v) is 4.29. The summed E-state index contributed by atoms with van der Waals surface area (Å²) >= 11 is 0. The summed E-state index contributed by atoms with van der Waals surface area (Å²) in [7, 11) is 0. The van der Waals surface area contributed by atoms with E-state index < -0.39 is 29.4 Å². The zero-order chi connectivity index (χ0) is 18.2. The molecule has 0 aromatic carbocycles. The van der Waals surface area contributed by atoms with E-state index in [-0.39, 0.29) is 12.2 Å². The number of hydrogen-bond acceptors (Lipinski definition) is 5. The van der Waals surface area contributed by atoms with Gasteiger partial charge in [0.1, 0.15) is 11.7 Å². The fourth-order valence-electron chi connectivity index (χ4n) is 4.29. The van der Waals surface area contributed by atoms with Crippen LogP contribution in [0.5, 0.6) is 0 Å². The molecular formula is C20H28O5. The summed E-state index contributed by atoms with van der Waals surface area (Å²) < 4.78 is 11.7. The van der Waals surface area contributed by atoms with E-state index in [1.807, 2.05) is 6.92 Å². The number of carbonyl (C=O) groups excluding carboxylic acids is 1. The van der Waals surface area contributed by atoms with Gasteiger partial charge in [-0.3, -0.25) is 0 Å². The molecule has 138 valence electrons. The third-order valence-electron chi connectivity index (χ3n) is 5.78. The normalized spacial score (nSPS) is 41.6. The van der Waals surface area contributed by atoms with Crippen molar-refractivity contribution in [3.63, 3.8) is 0 Å². The maximum absolute atomic E-state index is 12.3. The average molecular weight is 348 g/mol. The number of esters is 1. The van der Waals surface area contributed by atoms with Crippen LogP contribution < -0.4 is 0 Å². The highest BCUT2D eigenvalue weighted by atomic mass is 16.7. The Balaban J connectivity index is 2.03. The molecule has 0 aliphatic carbocycles. The molecule has 5 nitrogen and oxygen atoms in total. The fraction of sp³-hybridized carbons (Fsp3) is 0.650. The average Bonchev–Trinajstić information content (AvgIpc) is 2.54. The van der Waals surface area contributed by atoms with Crippen LogP contribution in [0.1, 0.15) is 52.4 Å². The summed E-state index contributed by atoms with van der Waals surface area (Å²) in [4.78, 5) is 12.3. The molecular weight excluding hydrogens is 320 g/mol. The maximum Gasteiger partial charge on any atom is 0.334 e.